The van der Waals surface area contributed by atoms with E-state index in [0.29, 0.717) is 0 Å². The van der Waals surface area contributed by atoms with Gasteiger partial charge in [0.25, 0.3) is 0 Å². The topological polar surface area (TPSA) is 36.0 Å². The lowest BCUT2D eigenvalue weighted by Gasteiger charge is -1.77. The van der Waals surface area contributed by atoms with Crippen LogP contribution in [-0.4, -0.2) is 9.54 Å². The van der Waals surface area contributed by atoms with Crippen LogP contribution in [0.1, 0.15) is 0 Å². The minimum Gasteiger partial charge on any atom is -0.587 e. The van der Waals surface area contributed by atoms with E-state index in [1.165, 1.54) is 0 Å². The van der Waals surface area contributed by atoms with Gasteiger partial charge in [-0.05, 0) is 0 Å². The lowest BCUT2D eigenvalue weighted by molar-refractivity contribution is 0.567. The summed E-state index contributed by atoms with van der Waals surface area (Å²) in [4.78, 5) is 3.28. The van der Waals surface area contributed by atoms with Crippen molar-refractivity contribution >= 4 is 10.8 Å². The molecule has 2 nitrogen and oxygen atoms in total. The van der Waals surface area contributed by atoms with Crippen molar-refractivity contribution in [1.82, 2.24) is 4.98 Å². The molecule has 1 heterocycles. The van der Waals surface area contributed by atoms with E-state index in [4.69, 9.17) is 0 Å². The van der Waals surface area contributed by atoms with Crippen molar-refractivity contribution in [1.29, 1.82) is 0 Å². The van der Waals surface area contributed by atoms with E-state index in [-0.39, 0.29) is 0 Å². The number of hydrogen-bond acceptors (Lipinski definition) is 2. The zero-order chi connectivity index (χ0) is 5.28. The highest BCUT2D eigenvalue weighted by Gasteiger charge is 1.99. The molecule has 1 unspecified atom stereocenters. The van der Waals surface area contributed by atoms with Crippen LogP contribution in [-0.2, 0) is 0 Å². The summed E-state index contributed by atoms with van der Waals surface area (Å²) in [5, 5.41) is -0.667. The lowest BCUT2D eigenvalue weighted by atomic mass is 11.0. The quantitative estimate of drug-likeness (QED) is 0.476. The molecule has 0 bridgehead atoms. The monoisotopic (exact) mass is 119 g/mol. The van der Waals surface area contributed by atoms with Gasteiger partial charge in [0.15, 0.2) is 0 Å². The lowest BCUT2D eigenvalue weighted by Crippen LogP contribution is -1.57. The highest BCUT2D eigenvalue weighted by molar-refractivity contribution is 7.21. The third-order valence-corrected chi connectivity index (χ3v) is 1.33. The molecule has 0 radical (unpaired) electrons. The van der Waals surface area contributed by atoms with E-state index in [2.05, 4.69) is 4.98 Å². The van der Waals surface area contributed by atoms with Crippen LogP contribution in [0.3, 0.4) is 0 Å². The molecule has 1 atom stereocenters. The summed E-state index contributed by atoms with van der Waals surface area (Å²) in [6.45, 7) is 0. The zero-order valence-corrected chi connectivity index (χ0v) is 4.11. The molecule has 0 fully saturated rings. The molecule has 0 saturated carbocycles. The Morgan fingerprint density at radius 1 is 1.86 bits per heavy atom. The molecule has 1 aromatic rings. The van der Waals surface area contributed by atoms with Gasteiger partial charge in [-0.1, -0.05) is 0 Å². The van der Waals surface area contributed by atoms with Crippen LogP contribution in [0.5, 0.6) is 0 Å². The Morgan fingerprint density at radius 3 is 2.71 bits per heavy atom. The second kappa shape index (κ2) is 1.55. The molecule has 0 amide bonds. The summed E-state index contributed by atoms with van der Waals surface area (Å²) in [7, 11) is -1.56. The van der Waals surface area contributed by atoms with E-state index >= 15 is 0 Å². The maximum atomic E-state index is 11.8. The van der Waals surface area contributed by atoms with E-state index < -0.39 is 15.9 Å². The number of halogens is 1. The summed E-state index contributed by atoms with van der Waals surface area (Å²) >= 11 is 0. The van der Waals surface area contributed by atoms with E-state index in [1.54, 1.807) is 0 Å². The van der Waals surface area contributed by atoms with Crippen LogP contribution in [0.15, 0.2) is 11.7 Å². The molecule has 0 saturated heterocycles. The van der Waals surface area contributed by atoms with Crippen molar-refractivity contribution in [2.45, 2.75) is 0 Å². The number of thiazole rings is 1. The maximum Gasteiger partial charge on any atom is 0.341 e. The van der Waals surface area contributed by atoms with Gasteiger partial charge < -0.3 is 4.55 Å². The Balaban J connectivity index is 3.12. The Hall–Kier alpha value is -0.480. The van der Waals surface area contributed by atoms with Gasteiger partial charge in [-0.25, -0.2) is 4.98 Å². The minimum atomic E-state index is -1.56. The first-order chi connectivity index (χ1) is 3.30. The van der Waals surface area contributed by atoms with Crippen LogP contribution in [0.4, 0.5) is 4.39 Å². The fourth-order valence-electron chi connectivity index (χ4n) is 0.247. The second-order valence-electron chi connectivity index (χ2n) is 0.985. The molecule has 0 N–H and O–H groups in total. The fraction of sp³-hybridized carbons (Fsp3) is 0. The van der Waals surface area contributed by atoms with Crippen molar-refractivity contribution in [2.24, 2.45) is 0 Å². The summed E-state index contributed by atoms with van der Waals surface area (Å²) in [5.41, 5.74) is 1.05. The molecular weight excluding hydrogens is 117 g/mol. The zero-order valence-electron chi connectivity index (χ0n) is 3.30. The molecule has 0 aliphatic rings. The Kier molecular flexibility index (Phi) is 1.04. The van der Waals surface area contributed by atoms with Crippen molar-refractivity contribution < 1.29 is 8.94 Å². The van der Waals surface area contributed by atoms with Gasteiger partial charge in [0.05, 0.1) is 0 Å². The average Bonchev–Trinajstić information content (AvgIpc) is 1.91. The van der Waals surface area contributed by atoms with E-state index in [9.17, 15) is 8.94 Å². The molecule has 4 heteroatoms. The maximum absolute atomic E-state index is 11.8. The largest absolute Gasteiger partial charge is 0.587 e. The van der Waals surface area contributed by atoms with E-state index in [0.717, 1.165) is 11.7 Å². The Morgan fingerprint density at radius 2 is 2.57 bits per heavy atom. The molecule has 38 valence electrons. The predicted molar refractivity (Wildman–Crippen MR) is 22.8 cm³/mol. The third kappa shape index (κ3) is 0.755. The van der Waals surface area contributed by atoms with Crippen molar-refractivity contribution in [3.05, 3.63) is 16.8 Å². The van der Waals surface area contributed by atoms with Gasteiger partial charge in [-0.15, -0.1) is 4.39 Å². The molecule has 0 aliphatic carbocycles. The van der Waals surface area contributed by atoms with Gasteiger partial charge >= 0.3 is 5.13 Å². The molecule has 0 aromatic carbocycles. The number of hydrogen-bond donors (Lipinski definition) is 0. The Labute approximate surface area is 42.4 Å². The van der Waals surface area contributed by atoms with Gasteiger partial charge in [-0.3, -0.25) is 0 Å². The van der Waals surface area contributed by atoms with Crippen LogP contribution in [0.25, 0.3) is 0 Å². The molecule has 0 spiro atoms. The molecular formula is C3H2FNOS. The highest BCUT2D eigenvalue weighted by atomic mass is 32.2. The van der Waals surface area contributed by atoms with Crippen LogP contribution < -0.4 is 0 Å². The fourth-order valence-corrected chi connectivity index (χ4v) is 0.683. The van der Waals surface area contributed by atoms with Crippen molar-refractivity contribution in [2.75, 3.05) is 0 Å². The summed E-state index contributed by atoms with van der Waals surface area (Å²) < 4.78 is 21.8. The number of aromatic nitrogens is 1. The molecule has 1 rings (SSSR count). The summed E-state index contributed by atoms with van der Waals surface area (Å²) in [5.74, 6) is 0. The number of rotatable bonds is 0. The highest BCUT2D eigenvalue weighted by Crippen LogP contribution is 2.13. The summed E-state index contributed by atoms with van der Waals surface area (Å²) in [6.07, 6.45) is 0.941. The van der Waals surface area contributed by atoms with Crippen molar-refractivity contribution in [3.63, 3.8) is 0 Å². The molecule has 0 aliphatic heterocycles. The second-order valence-corrected chi connectivity index (χ2v) is 2.18. The Bertz CT molecular complexity index is 147. The summed E-state index contributed by atoms with van der Waals surface area (Å²) in [6, 6.07) is 0. The van der Waals surface area contributed by atoms with Crippen molar-refractivity contribution in [3.8, 4) is 0 Å². The van der Waals surface area contributed by atoms with Gasteiger partial charge in [0.2, 0.25) is 5.51 Å². The van der Waals surface area contributed by atoms with Crippen LogP contribution >= 0.6 is 10.8 Å². The first-order valence-corrected chi connectivity index (χ1v) is 2.81. The molecule has 1 aromatic heterocycles. The van der Waals surface area contributed by atoms with Gasteiger partial charge in [-0.2, -0.15) is 0 Å². The predicted octanol–water partition coefficient (Wildman–Crippen LogP) is 0.948. The minimum absolute atomic E-state index is 0.667. The first-order valence-electron chi connectivity index (χ1n) is 1.60. The molecule has 7 heavy (non-hydrogen) atoms. The standard InChI is InChI=1S/C3H2FNOS/c4-3-1-5-2-7(3)6/h1-2H. The number of nitrogens with zero attached hydrogens (tertiary/aromatic N) is 1. The van der Waals surface area contributed by atoms with Gasteiger partial charge in [0, 0.05) is 10.8 Å². The van der Waals surface area contributed by atoms with Crippen LogP contribution in [0.2, 0.25) is 0 Å². The van der Waals surface area contributed by atoms with Crippen LogP contribution in [0, 0.1) is 5.13 Å². The first kappa shape index (κ1) is 4.67. The smallest absolute Gasteiger partial charge is 0.341 e. The third-order valence-electron chi connectivity index (χ3n) is 0.525. The SMILES string of the molecule is [O-][s+]1cncc1F. The van der Waals surface area contributed by atoms with E-state index in [1.807, 2.05) is 0 Å². The normalized spacial score (nSPS) is 12.0. The van der Waals surface area contributed by atoms with Gasteiger partial charge in [0.1, 0.15) is 6.20 Å². The average molecular weight is 119 g/mol.